The maximum atomic E-state index is 11.6. The van der Waals surface area contributed by atoms with Crippen LogP contribution in [0.3, 0.4) is 0 Å². The molecule has 0 spiro atoms. The van der Waals surface area contributed by atoms with Gasteiger partial charge in [-0.2, -0.15) is 11.8 Å². The Balaban J connectivity index is -0.000000807. The van der Waals surface area contributed by atoms with Gasteiger partial charge in [-0.15, -0.1) is 29.9 Å². The van der Waals surface area contributed by atoms with E-state index in [9.17, 15) is 19.2 Å². The Bertz CT molecular complexity index is 442. The molecular weight excluding hydrogens is 480 g/mol. The molecule has 3 amide bonds. The number of amides is 3. The largest absolute Gasteiger partial charge is 1.00 e. The first-order chi connectivity index (χ1) is 10.7. The number of hydrogen-bond donors (Lipinski definition) is 3. The van der Waals surface area contributed by atoms with Gasteiger partial charge in [-0.1, -0.05) is 0 Å². The summed E-state index contributed by atoms with van der Waals surface area (Å²) in [6.07, 6.45) is 1.79. The van der Waals surface area contributed by atoms with E-state index in [-0.39, 0.29) is 90.2 Å². The molecule has 0 aromatic carbocycles. The molecule has 26 heavy (non-hydrogen) atoms. The molecule has 0 aromatic heterocycles. The SMILES string of the molecule is I.[CH2-][C@H](CSCC(=O)NCCCCC(NC(C)=O)C(N)=O)C(C)=O.[CH3-].[Na+]. The molecule has 2 atom stereocenters. The molecule has 7 nitrogen and oxygen atoms in total. The van der Waals surface area contributed by atoms with Crippen LogP contribution in [0.5, 0.6) is 0 Å². The van der Waals surface area contributed by atoms with E-state index in [2.05, 4.69) is 17.6 Å². The number of Topliss-reactive ketones (excluding diaryl/α,β-unsaturated/α-hetero) is 1. The fraction of sp³-hybridized carbons (Fsp3) is 0.625. The number of nitrogens with one attached hydrogen (secondary N) is 2. The predicted molar refractivity (Wildman–Crippen MR) is 112 cm³/mol. The van der Waals surface area contributed by atoms with Crippen molar-refractivity contribution in [1.29, 1.82) is 0 Å². The smallest absolute Gasteiger partial charge is 0.368 e. The summed E-state index contributed by atoms with van der Waals surface area (Å²) >= 11 is 1.37. The number of ketones is 1. The van der Waals surface area contributed by atoms with Gasteiger partial charge in [0.1, 0.15) is 11.8 Å². The molecule has 0 fully saturated rings. The van der Waals surface area contributed by atoms with Crippen LogP contribution in [0.2, 0.25) is 0 Å². The van der Waals surface area contributed by atoms with Gasteiger partial charge in [-0.3, -0.25) is 14.4 Å². The molecule has 0 aromatic rings. The summed E-state index contributed by atoms with van der Waals surface area (Å²) in [7, 11) is 0. The van der Waals surface area contributed by atoms with Crippen LogP contribution in [0.4, 0.5) is 0 Å². The molecule has 0 aliphatic rings. The number of halogens is 1. The first kappa shape index (κ1) is 33.7. The van der Waals surface area contributed by atoms with Gasteiger partial charge in [-0.05, 0) is 31.9 Å². The summed E-state index contributed by atoms with van der Waals surface area (Å²) in [6, 6.07) is -0.667. The normalized spacial score (nSPS) is 11.5. The fourth-order valence-corrected chi connectivity index (χ4v) is 2.62. The van der Waals surface area contributed by atoms with E-state index in [1.165, 1.54) is 25.6 Å². The average molecular weight is 510 g/mol. The first-order valence-corrected chi connectivity index (χ1v) is 8.64. The number of thioether (sulfide) groups is 1. The Kier molecular flexibility index (Phi) is 25.8. The van der Waals surface area contributed by atoms with Crippen molar-refractivity contribution in [2.24, 2.45) is 11.7 Å². The van der Waals surface area contributed by atoms with Gasteiger partial charge in [0.15, 0.2) is 0 Å². The molecule has 1 unspecified atom stereocenters. The molecule has 148 valence electrons. The minimum absolute atomic E-state index is 0. The van der Waals surface area contributed by atoms with Crippen LogP contribution in [0.1, 0.15) is 33.1 Å². The third kappa shape index (κ3) is 18.9. The molecule has 0 heterocycles. The Morgan fingerprint density at radius 1 is 1.15 bits per heavy atom. The van der Waals surface area contributed by atoms with E-state index in [1.54, 1.807) is 0 Å². The number of unbranched alkanes of at least 4 members (excludes halogenated alkanes) is 1. The van der Waals surface area contributed by atoms with Crippen molar-refractivity contribution in [2.45, 2.75) is 39.2 Å². The molecule has 0 radical (unpaired) electrons. The molecule has 4 N–H and O–H groups in total. The number of carbonyl (C=O) groups excluding carboxylic acids is 4. The Morgan fingerprint density at radius 3 is 2.19 bits per heavy atom. The third-order valence-electron chi connectivity index (χ3n) is 3.09. The number of nitrogens with two attached hydrogens (primary N) is 1. The monoisotopic (exact) mass is 510 g/mol. The Hall–Kier alpha value is 0.160. The van der Waals surface area contributed by atoms with Crippen LogP contribution in [0, 0.1) is 20.3 Å². The zero-order valence-electron chi connectivity index (χ0n) is 16.1. The predicted octanol–water partition coefficient (Wildman–Crippen LogP) is -1.89. The summed E-state index contributed by atoms with van der Waals surface area (Å²) in [5.41, 5.74) is 5.19. The van der Waals surface area contributed by atoms with Gasteiger partial charge in [0.2, 0.25) is 17.7 Å². The van der Waals surface area contributed by atoms with Crippen LogP contribution in [-0.4, -0.2) is 47.6 Å². The van der Waals surface area contributed by atoms with E-state index < -0.39 is 11.9 Å². The minimum Gasteiger partial charge on any atom is -0.368 e. The quantitative estimate of drug-likeness (QED) is 0.123. The van der Waals surface area contributed by atoms with E-state index in [0.29, 0.717) is 31.6 Å². The number of primary amides is 1. The number of hydrogen-bond acceptors (Lipinski definition) is 5. The van der Waals surface area contributed by atoms with E-state index >= 15 is 0 Å². The molecule has 0 aliphatic carbocycles. The maximum absolute atomic E-state index is 11.6. The summed E-state index contributed by atoms with van der Waals surface area (Å²) < 4.78 is 0. The molecule has 0 rings (SSSR count). The van der Waals surface area contributed by atoms with Crippen LogP contribution in [0.15, 0.2) is 0 Å². The second-order valence-corrected chi connectivity index (χ2v) is 6.35. The summed E-state index contributed by atoms with van der Waals surface area (Å²) in [5, 5.41) is 5.25. The van der Waals surface area contributed by atoms with E-state index in [1.807, 2.05) is 0 Å². The molecule has 0 saturated heterocycles. The minimum atomic E-state index is -0.667. The number of carbonyl (C=O) groups is 4. The van der Waals surface area contributed by atoms with Crippen LogP contribution in [-0.2, 0) is 19.2 Å². The van der Waals surface area contributed by atoms with E-state index in [0.717, 1.165) is 0 Å². The van der Waals surface area contributed by atoms with E-state index in [4.69, 9.17) is 5.73 Å². The standard InChI is InChI=1S/C15H26N3O4S.CH3.HI.Na/c1-10(11(2)19)8-23-9-14(21)17-7-5-4-6-13(15(16)22)18-12(3)20;;;/h10,13H,1,4-9H2,2-3H3,(H2,16,22)(H,17,21)(H,18,20);1H3;1H;/q2*-1;;+1/t10-,13?;;;/m1.../s1. The molecule has 10 heteroatoms. The second kappa shape index (κ2) is 19.9. The van der Waals surface area contributed by atoms with Crippen LogP contribution in [0.25, 0.3) is 0 Å². The van der Waals surface area contributed by atoms with Gasteiger partial charge in [0, 0.05) is 13.5 Å². The van der Waals surface area contributed by atoms with Crippen molar-refractivity contribution in [3.8, 4) is 0 Å². The fourth-order valence-electron chi connectivity index (χ4n) is 1.69. The summed E-state index contributed by atoms with van der Waals surface area (Å²) in [4.78, 5) is 44.6. The molecule has 0 bridgehead atoms. The molecule has 0 aliphatic heterocycles. The van der Waals surface area contributed by atoms with Gasteiger partial charge < -0.3 is 35.5 Å². The topological polar surface area (TPSA) is 118 Å². The van der Waals surface area contributed by atoms with Crippen molar-refractivity contribution in [2.75, 3.05) is 18.1 Å². The van der Waals surface area contributed by atoms with Crippen molar-refractivity contribution >= 4 is 59.2 Å². The number of rotatable bonds is 12. The average Bonchev–Trinajstić information content (AvgIpc) is 2.44. The zero-order valence-corrected chi connectivity index (χ0v) is 21.3. The maximum Gasteiger partial charge on any atom is 1.00 e. The van der Waals surface area contributed by atoms with Crippen molar-refractivity contribution in [3.05, 3.63) is 14.4 Å². The van der Waals surface area contributed by atoms with Crippen molar-refractivity contribution in [3.63, 3.8) is 0 Å². The second-order valence-electron chi connectivity index (χ2n) is 5.32. The van der Waals surface area contributed by atoms with Gasteiger partial charge in [0.25, 0.3) is 0 Å². The van der Waals surface area contributed by atoms with Gasteiger partial charge in [0.05, 0.1) is 5.75 Å². The summed E-state index contributed by atoms with van der Waals surface area (Å²) in [6.45, 7) is 7.01. The first-order valence-electron chi connectivity index (χ1n) is 7.48. The molecular formula is C16H30IN3NaO4S-. The van der Waals surface area contributed by atoms with Crippen LogP contribution < -0.4 is 45.9 Å². The van der Waals surface area contributed by atoms with Crippen molar-refractivity contribution in [1.82, 2.24) is 10.6 Å². The Labute approximate surface area is 200 Å². The van der Waals surface area contributed by atoms with Crippen LogP contribution >= 0.6 is 35.7 Å². The van der Waals surface area contributed by atoms with Gasteiger partial charge >= 0.3 is 29.6 Å². The third-order valence-corrected chi connectivity index (χ3v) is 4.19. The zero-order chi connectivity index (χ0) is 17.8. The Morgan fingerprint density at radius 2 is 1.73 bits per heavy atom. The van der Waals surface area contributed by atoms with Gasteiger partial charge in [-0.25, -0.2) is 0 Å². The summed E-state index contributed by atoms with van der Waals surface area (Å²) in [5.74, 6) is -0.413. The molecule has 0 saturated carbocycles. The van der Waals surface area contributed by atoms with Crippen molar-refractivity contribution < 1.29 is 48.7 Å².